The summed E-state index contributed by atoms with van der Waals surface area (Å²) in [6.07, 6.45) is 5.44. The molecule has 1 aromatic rings. The van der Waals surface area contributed by atoms with Crippen LogP contribution in [0, 0.1) is 0 Å². The van der Waals surface area contributed by atoms with Gasteiger partial charge in [0.15, 0.2) is 0 Å². The first-order valence-corrected chi connectivity index (χ1v) is 8.18. The van der Waals surface area contributed by atoms with E-state index in [0.717, 1.165) is 32.1 Å². The van der Waals surface area contributed by atoms with E-state index in [0.29, 0.717) is 6.04 Å². The fourth-order valence-corrected chi connectivity index (χ4v) is 3.40. The van der Waals surface area contributed by atoms with Crippen LogP contribution in [-0.2, 0) is 16.0 Å². The van der Waals surface area contributed by atoms with Gasteiger partial charge in [0, 0.05) is 20.0 Å². The molecule has 0 radical (unpaired) electrons. The van der Waals surface area contributed by atoms with E-state index in [-0.39, 0.29) is 24.4 Å². The summed E-state index contributed by atoms with van der Waals surface area (Å²) in [5.74, 6) is 0.0232. The van der Waals surface area contributed by atoms with E-state index in [9.17, 15) is 9.59 Å². The fourth-order valence-electron chi connectivity index (χ4n) is 3.40. The summed E-state index contributed by atoms with van der Waals surface area (Å²) in [7, 11) is 1.69. The predicted octanol–water partition coefficient (Wildman–Crippen LogP) is 2.53. The number of fused-ring (bicyclic) bond motifs is 1. The highest BCUT2D eigenvalue weighted by Crippen LogP contribution is 2.40. The monoisotopic (exact) mass is 300 g/mol. The Morgan fingerprint density at radius 1 is 1.18 bits per heavy atom. The van der Waals surface area contributed by atoms with Crippen LogP contribution in [-0.4, -0.2) is 41.2 Å². The van der Waals surface area contributed by atoms with Crippen molar-refractivity contribution in [3.63, 3.8) is 0 Å². The molecule has 0 N–H and O–H groups in total. The summed E-state index contributed by atoms with van der Waals surface area (Å²) in [5.41, 5.74) is 2.68. The molecule has 0 spiro atoms. The van der Waals surface area contributed by atoms with Crippen molar-refractivity contribution < 1.29 is 9.59 Å². The Hall–Kier alpha value is -1.84. The van der Waals surface area contributed by atoms with Crippen molar-refractivity contribution in [2.75, 3.05) is 13.6 Å². The molecule has 4 nitrogen and oxygen atoms in total. The summed E-state index contributed by atoms with van der Waals surface area (Å²) < 4.78 is 0. The molecular formula is C18H24N2O2. The van der Waals surface area contributed by atoms with Crippen molar-refractivity contribution in [3.05, 3.63) is 35.4 Å². The van der Waals surface area contributed by atoms with Gasteiger partial charge in [-0.15, -0.1) is 0 Å². The third-order valence-electron chi connectivity index (χ3n) is 4.81. The number of hydrogen-bond donors (Lipinski definition) is 0. The van der Waals surface area contributed by atoms with Crippen molar-refractivity contribution in [1.29, 1.82) is 0 Å². The van der Waals surface area contributed by atoms with Crippen LogP contribution in [0.3, 0.4) is 0 Å². The number of rotatable bonds is 4. The molecular weight excluding hydrogens is 276 g/mol. The van der Waals surface area contributed by atoms with E-state index in [1.165, 1.54) is 23.0 Å². The highest BCUT2D eigenvalue weighted by molar-refractivity contribution is 5.84. The zero-order chi connectivity index (χ0) is 15.7. The van der Waals surface area contributed by atoms with Crippen LogP contribution in [0.2, 0.25) is 0 Å². The Labute approximate surface area is 132 Å². The van der Waals surface area contributed by atoms with E-state index in [1.54, 1.807) is 7.05 Å². The summed E-state index contributed by atoms with van der Waals surface area (Å²) in [5, 5.41) is 0. The van der Waals surface area contributed by atoms with Crippen LogP contribution in [0.15, 0.2) is 24.3 Å². The normalized spacial score (nSPS) is 20.2. The number of nitrogens with zero attached hydrogens (tertiary/aromatic N) is 2. The third-order valence-corrected chi connectivity index (χ3v) is 4.81. The Balaban J connectivity index is 1.83. The van der Waals surface area contributed by atoms with Crippen LogP contribution in [0.25, 0.3) is 0 Å². The minimum absolute atomic E-state index is 0.0619. The van der Waals surface area contributed by atoms with E-state index >= 15 is 0 Å². The van der Waals surface area contributed by atoms with Gasteiger partial charge in [-0.2, -0.15) is 0 Å². The zero-order valence-corrected chi connectivity index (χ0v) is 13.4. The molecule has 1 fully saturated rings. The number of aryl methyl sites for hydroxylation is 1. The van der Waals surface area contributed by atoms with E-state index < -0.39 is 0 Å². The van der Waals surface area contributed by atoms with Gasteiger partial charge in [-0.25, -0.2) is 0 Å². The maximum absolute atomic E-state index is 12.8. The number of likely N-dealkylation sites (N-methyl/N-ethyl adjacent to an activating group) is 1. The minimum Gasteiger partial charge on any atom is -0.337 e. The number of hydrogen-bond acceptors (Lipinski definition) is 2. The molecule has 2 aliphatic carbocycles. The van der Waals surface area contributed by atoms with E-state index in [4.69, 9.17) is 0 Å². The van der Waals surface area contributed by atoms with Crippen molar-refractivity contribution >= 4 is 11.8 Å². The van der Waals surface area contributed by atoms with Gasteiger partial charge in [0.25, 0.3) is 0 Å². The quantitative estimate of drug-likeness (QED) is 0.857. The first kappa shape index (κ1) is 15.1. The molecule has 4 heteroatoms. The summed E-state index contributed by atoms with van der Waals surface area (Å²) in [6.45, 7) is 1.69. The SMILES string of the molecule is CC(=O)N(C)CC(=O)N(C1CC1)C1CCCc2ccccc21. The van der Waals surface area contributed by atoms with Crippen LogP contribution in [0.4, 0.5) is 0 Å². The third kappa shape index (κ3) is 3.01. The van der Waals surface area contributed by atoms with Gasteiger partial charge in [-0.1, -0.05) is 24.3 Å². The molecule has 1 aromatic carbocycles. The zero-order valence-electron chi connectivity index (χ0n) is 13.4. The molecule has 22 heavy (non-hydrogen) atoms. The standard InChI is InChI=1S/C18H24N2O2/c1-13(21)19(2)12-18(22)20(15-10-11-15)17-9-5-7-14-6-3-4-8-16(14)17/h3-4,6,8,15,17H,5,7,9-12H2,1-2H3. The van der Waals surface area contributed by atoms with Crippen LogP contribution < -0.4 is 0 Å². The molecule has 1 atom stereocenters. The maximum Gasteiger partial charge on any atom is 0.242 e. The lowest BCUT2D eigenvalue weighted by Crippen LogP contribution is -2.44. The Bertz CT molecular complexity index is 580. The fraction of sp³-hybridized carbons (Fsp3) is 0.556. The second-order valence-corrected chi connectivity index (χ2v) is 6.51. The van der Waals surface area contributed by atoms with Gasteiger partial charge in [-0.05, 0) is 43.2 Å². The summed E-state index contributed by atoms with van der Waals surface area (Å²) in [6, 6.07) is 9.03. The molecule has 0 aromatic heterocycles. The second-order valence-electron chi connectivity index (χ2n) is 6.51. The van der Waals surface area contributed by atoms with Crippen molar-refractivity contribution in [3.8, 4) is 0 Å². The maximum atomic E-state index is 12.8. The summed E-state index contributed by atoms with van der Waals surface area (Å²) >= 11 is 0. The van der Waals surface area contributed by atoms with Gasteiger partial charge < -0.3 is 9.80 Å². The smallest absolute Gasteiger partial charge is 0.242 e. The topological polar surface area (TPSA) is 40.6 Å². The van der Waals surface area contributed by atoms with Crippen molar-refractivity contribution in [1.82, 2.24) is 9.80 Å². The number of amides is 2. The number of carbonyl (C=O) groups is 2. The van der Waals surface area contributed by atoms with E-state index in [2.05, 4.69) is 29.2 Å². The summed E-state index contributed by atoms with van der Waals surface area (Å²) in [4.78, 5) is 27.8. The molecule has 3 rings (SSSR count). The number of benzene rings is 1. The molecule has 0 aliphatic heterocycles. The van der Waals surface area contributed by atoms with Crippen molar-refractivity contribution in [2.24, 2.45) is 0 Å². The Kier molecular flexibility index (Phi) is 4.19. The molecule has 0 bridgehead atoms. The van der Waals surface area contributed by atoms with Crippen LogP contribution >= 0.6 is 0 Å². The molecule has 118 valence electrons. The minimum atomic E-state index is -0.0619. The molecule has 2 aliphatic rings. The van der Waals surface area contributed by atoms with Crippen molar-refractivity contribution in [2.45, 2.75) is 51.1 Å². The molecule has 0 saturated heterocycles. The lowest BCUT2D eigenvalue weighted by atomic mass is 9.86. The number of carbonyl (C=O) groups excluding carboxylic acids is 2. The first-order chi connectivity index (χ1) is 10.6. The lowest BCUT2D eigenvalue weighted by molar-refractivity contribution is -0.140. The van der Waals surface area contributed by atoms with E-state index in [1.807, 2.05) is 0 Å². The van der Waals surface area contributed by atoms with Gasteiger partial charge >= 0.3 is 0 Å². The first-order valence-electron chi connectivity index (χ1n) is 8.18. The van der Waals surface area contributed by atoms with Gasteiger partial charge in [0.2, 0.25) is 11.8 Å². The second kappa shape index (κ2) is 6.11. The largest absolute Gasteiger partial charge is 0.337 e. The molecule has 0 heterocycles. The van der Waals surface area contributed by atoms with Gasteiger partial charge in [0.05, 0.1) is 12.6 Å². The highest BCUT2D eigenvalue weighted by atomic mass is 16.2. The molecule has 2 amide bonds. The highest BCUT2D eigenvalue weighted by Gasteiger charge is 2.39. The predicted molar refractivity (Wildman–Crippen MR) is 85.3 cm³/mol. The Morgan fingerprint density at radius 2 is 1.91 bits per heavy atom. The average molecular weight is 300 g/mol. The molecule has 1 saturated carbocycles. The lowest BCUT2D eigenvalue weighted by Gasteiger charge is -2.37. The van der Waals surface area contributed by atoms with Gasteiger partial charge in [-0.3, -0.25) is 9.59 Å². The van der Waals surface area contributed by atoms with Gasteiger partial charge in [0.1, 0.15) is 0 Å². The van der Waals surface area contributed by atoms with Crippen LogP contribution in [0.5, 0.6) is 0 Å². The molecule has 1 unspecified atom stereocenters. The average Bonchev–Trinajstić information content (AvgIpc) is 3.32. The van der Waals surface area contributed by atoms with Crippen LogP contribution in [0.1, 0.15) is 49.8 Å². The Morgan fingerprint density at radius 3 is 2.59 bits per heavy atom.